The molecule has 5 heteroatoms. The lowest BCUT2D eigenvalue weighted by Gasteiger charge is -1.88. The number of thiazole rings is 1. The van der Waals surface area contributed by atoms with Gasteiger partial charge < -0.3 is 0 Å². The zero-order valence-corrected chi connectivity index (χ0v) is 6.95. The molecule has 0 aromatic carbocycles. The molecule has 0 aliphatic carbocycles. The fraction of sp³-hybridized carbons (Fsp3) is 0.200. The third kappa shape index (κ3) is 2.45. The summed E-state index contributed by atoms with van der Waals surface area (Å²) in [6.45, 7) is 0. The Morgan fingerprint density at radius 1 is 1.70 bits per heavy atom. The predicted molar refractivity (Wildman–Crippen MR) is 40.4 cm³/mol. The van der Waals surface area contributed by atoms with E-state index in [-0.39, 0.29) is 0 Å². The maximum absolute atomic E-state index is 10.6. The van der Waals surface area contributed by atoms with Crippen molar-refractivity contribution in [3.05, 3.63) is 22.3 Å². The highest BCUT2D eigenvalue weighted by molar-refractivity contribution is 7.93. The van der Waals surface area contributed by atoms with Gasteiger partial charge in [-0.1, -0.05) is 0 Å². The van der Waals surface area contributed by atoms with Crippen molar-refractivity contribution in [3.8, 4) is 0 Å². The lowest BCUT2D eigenvalue weighted by molar-refractivity contribution is 0.608. The summed E-state index contributed by atoms with van der Waals surface area (Å²) in [5.41, 5.74) is 1.59. The van der Waals surface area contributed by atoms with Gasteiger partial charge in [0.15, 0.2) is 9.84 Å². The highest BCUT2D eigenvalue weighted by atomic mass is 32.2. The molecule has 0 saturated heterocycles. The van der Waals surface area contributed by atoms with Crippen LogP contribution in [-0.4, -0.2) is 19.7 Å². The van der Waals surface area contributed by atoms with Gasteiger partial charge in [0.05, 0.1) is 5.51 Å². The molecule has 3 nitrogen and oxygen atoms in total. The molecule has 0 spiro atoms. The van der Waals surface area contributed by atoms with E-state index in [0.717, 1.165) is 6.26 Å². The van der Waals surface area contributed by atoms with Gasteiger partial charge in [0.2, 0.25) is 0 Å². The van der Waals surface area contributed by atoms with Crippen LogP contribution >= 0.6 is 11.3 Å². The van der Waals surface area contributed by atoms with Gasteiger partial charge in [0.25, 0.3) is 0 Å². The van der Waals surface area contributed by atoms with Gasteiger partial charge in [-0.3, -0.25) is 4.98 Å². The van der Waals surface area contributed by atoms with Gasteiger partial charge >= 0.3 is 0 Å². The Morgan fingerprint density at radius 3 is 2.80 bits per heavy atom. The first kappa shape index (κ1) is 7.68. The summed E-state index contributed by atoms with van der Waals surface area (Å²) in [7, 11) is -3.00. The van der Waals surface area contributed by atoms with Crippen LogP contribution in [0.4, 0.5) is 0 Å². The first-order chi connectivity index (χ1) is 4.58. The van der Waals surface area contributed by atoms with Crippen LogP contribution in [0.1, 0.15) is 4.88 Å². The second-order valence-electron chi connectivity index (χ2n) is 1.85. The van der Waals surface area contributed by atoms with Crippen molar-refractivity contribution in [3.63, 3.8) is 0 Å². The Hall–Kier alpha value is -0.420. The normalized spacial score (nSPS) is 11.7. The van der Waals surface area contributed by atoms with Crippen LogP contribution < -0.4 is 0 Å². The maximum Gasteiger partial charge on any atom is 0.156 e. The molecule has 0 fully saturated rings. The molecule has 0 atom stereocenters. The standard InChI is InChI=1S/C5H6NO2S2/c1-10(7,8)3-5-2-6-4-9-5/h2-4H,1H3. The molecule has 55 valence electrons. The Kier molecular flexibility index (Phi) is 2.05. The van der Waals surface area contributed by atoms with E-state index in [9.17, 15) is 8.42 Å². The van der Waals surface area contributed by atoms with E-state index in [1.54, 1.807) is 5.51 Å². The van der Waals surface area contributed by atoms with Crippen LogP contribution in [0.2, 0.25) is 0 Å². The van der Waals surface area contributed by atoms with Crippen molar-refractivity contribution in [2.45, 2.75) is 0 Å². The van der Waals surface area contributed by atoms with E-state index in [1.807, 2.05) is 0 Å². The Labute approximate surface area is 63.6 Å². The first-order valence-corrected chi connectivity index (χ1v) is 5.35. The lowest BCUT2D eigenvalue weighted by Crippen LogP contribution is -1.95. The number of sulfone groups is 1. The van der Waals surface area contributed by atoms with Crippen molar-refractivity contribution in [2.24, 2.45) is 0 Å². The van der Waals surface area contributed by atoms with Crippen molar-refractivity contribution in [2.75, 3.05) is 6.26 Å². The van der Waals surface area contributed by atoms with E-state index in [1.165, 1.54) is 23.3 Å². The molecule has 1 aromatic rings. The zero-order valence-electron chi connectivity index (χ0n) is 5.31. The summed E-state index contributed by atoms with van der Waals surface area (Å²) in [6, 6.07) is 0. The second-order valence-corrected chi connectivity index (χ2v) is 4.66. The van der Waals surface area contributed by atoms with Crippen LogP contribution in [0.5, 0.6) is 0 Å². The van der Waals surface area contributed by atoms with Gasteiger partial charge in [-0.2, -0.15) is 0 Å². The number of hydrogen-bond donors (Lipinski definition) is 0. The number of nitrogens with zero attached hydrogens (tertiary/aromatic N) is 1. The van der Waals surface area contributed by atoms with Gasteiger partial charge in [0.1, 0.15) is 5.75 Å². The van der Waals surface area contributed by atoms with Gasteiger partial charge in [0, 0.05) is 17.3 Å². The van der Waals surface area contributed by atoms with Gasteiger partial charge in [-0.25, -0.2) is 8.42 Å². The average Bonchev–Trinajstić information content (AvgIpc) is 2.12. The quantitative estimate of drug-likeness (QED) is 0.666. The summed E-state index contributed by atoms with van der Waals surface area (Å²) < 4.78 is 21.2. The molecular weight excluding hydrogens is 170 g/mol. The van der Waals surface area contributed by atoms with Crippen LogP contribution in [-0.2, 0) is 9.84 Å². The van der Waals surface area contributed by atoms with E-state index in [2.05, 4.69) is 4.98 Å². The topological polar surface area (TPSA) is 47.0 Å². The van der Waals surface area contributed by atoms with Gasteiger partial charge in [-0.15, -0.1) is 11.3 Å². The Bertz CT molecular complexity index is 287. The maximum atomic E-state index is 10.6. The van der Waals surface area contributed by atoms with Crippen molar-refractivity contribution < 1.29 is 8.42 Å². The molecule has 1 radical (unpaired) electrons. The summed E-state index contributed by atoms with van der Waals surface area (Å²) in [5, 5.41) is 0. The molecule has 1 heterocycles. The first-order valence-electron chi connectivity index (χ1n) is 2.51. The van der Waals surface area contributed by atoms with Crippen molar-refractivity contribution >= 4 is 21.2 Å². The van der Waals surface area contributed by atoms with Crippen LogP contribution in [0.3, 0.4) is 0 Å². The lowest BCUT2D eigenvalue weighted by atomic mass is 10.6. The summed E-state index contributed by atoms with van der Waals surface area (Å²) in [4.78, 5) is 4.40. The predicted octanol–water partition coefficient (Wildman–Crippen LogP) is 0.698. The number of rotatable bonds is 2. The molecule has 1 rings (SSSR count). The molecule has 0 saturated carbocycles. The van der Waals surface area contributed by atoms with E-state index < -0.39 is 9.84 Å². The molecule has 0 bridgehead atoms. The van der Waals surface area contributed by atoms with E-state index in [4.69, 9.17) is 0 Å². The summed E-state index contributed by atoms with van der Waals surface area (Å²) >= 11 is 1.30. The van der Waals surface area contributed by atoms with Crippen molar-refractivity contribution in [1.29, 1.82) is 0 Å². The smallest absolute Gasteiger partial charge is 0.156 e. The monoisotopic (exact) mass is 176 g/mol. The Morgan fingerprint density at radius 2 is 2.40 bits per heavy atom. The summed E-state index contributed by atoms with van der Waals surface area (Å²) in [5.74, 6) is 1.20. The molecule has 10 heavy (non-hydrogen) atoms. The minimum atomic E-state index is -3.00. The highest BCUT2D eigenvalue weighted by Crippen LogP contribution is 2.10. The molecule has 0 aliphatic rings. The highest BCUT2D eigenvalue weighted by Gasteiger charge is 2.05. The van der Waals surface area contributed by atoms with E-state index in [0.29, 0.717) is 4.88 Å². The van der Waals surface area contributed by atoms with Crippen LogP contribution in [0.25, 0.3) is 0 Å². The largest absolute Gasteiger partial charge is 0.253 e. The third-order valence-corrected chi connectivity index (χ3v) is 2.34. The average molecular weight is 176 g/mol. The Balaban J connectivity index is 2.75. The number of aromatic nitrogens is 1. The minimum absolute atomic E-state index is 0.669. The van der Waals surface area contributed by atoms with Gasteiger partial charge in [-0.05, 0) is 0 Å². The molecule has 0 aliphatic heterocycles. The molecule has 1 aromatic heterocycles. The zero-order chi connectivity index (χ0) is 7.61. The minimum Gasteiger partial charge on any atom is -0.253 e. The fourth-order valence-electron chi connectivity index (χ4n) is 0.495. The molecular formula is C5H6NO2S2. The van der Waals surface area contributed by atoms with E-state index >= 15 is 0 Å². The third-order valence-electron chi connectivity index (χ3n) is 0.782. The summed E-state index contributed by atoms with van der Waals surface area (Å²) in [6.07, 6.45) is 2.68. The van der Waals surface area contributed by atoms with Crippen molar-refractivity contribution in [1.82, 2.24) is 4.98 Å². The molecule has 0 amide bonds. The van der Waals surface area contributed by atoms with Crippen LogP contribution in [0, 0.1) is 5.75 Å². The van der Waals surface area contributed by atoms with Crippen LogP contribution in [0.15, 0.2) is 11.7 Å². The fourth-order valence-corrected chi connectivity index (χ4v) is 2.09. The number of hydrogen-bond acceptors (Lipinski definition) is 4. The molecule has 0 unspecified atom stereocenters. The molecule has 0 N–H and O–H groups in total. The SMILES string of the molecule is CS(=O)(=O)[CH]c1cncs1. The second kappa shape index (κ2) is 2.67.